The Morgan fingerprint density at radius 3 is 2.50 bits per heavy atom. The Bertz CT molecular complexity index is 536. The van der Waals surface area contributed by atoms with Gasteiger partial charge in [-0.2, -0.15) is 0 Å². The van der Waals surface area contributed by atoms with Crippen LogP contribution in [0, 0.1) is 10.5 Å². The first-order valence-corrected chi connectivity index (χ1v) is 7.85. The second-order valence-electron chi connectivity index (χ2n) is 5.31. The Morgan fingerprint density at radius 1 is 1.25 bits per heavy atom. The van der Waals surface area contributed by atoms with Crippen LogP contribution in [0.1, 0.15) is 48.0 Å². The van der Waals surface area contributed by atoms with Crippen LogP contribution in [-0.4, -0.2) is 22.5 Å². The molecule has 0 aromatic heterocycles. The van der Waals surface area contributed by atoms with Gasteiger partial charge in [0.05, 0.1) is 0 Å². The van der Waals surface area contributed by atoms with Gasteiger partial charge in [0, 0.05) is 9.13 Å². The van der Waals surface area contributed by atoms with Crippen molar-refractivity contribution in [2.45, 2.75) is 44.6 Å². The molecule has 2 N–H and O–H groups in total. The molecule has 0 spiro atoms. The summed E-state index contributed by atoms with van der Waals surface area (Å²) in [6.07, 6.45) is 3.75. The predicted octanol–water partition coefficient (Wildman–Crippen LogP) is 3.12. The molecule has 0 heterocycles. The number of amides is 1. The zero-order valence-corrected chi connectivity index (χ0v) is 13.6. The second-order valence-corrected chi connectivity index (χ2v) is 6.48. The molecule has 0 radical (unpaired) electrons. The van der Waals surface area contributed by atoms with E-state index in [4.69, 9.17) is 0 Å². The van der Waals surface area contributed by atoms with Crippen molar-refractivity contribution in [1.82, 2.24) is 5.32 Å². The highest BCUT2D eigenvalue weighted by molar-refractivity contribution is 14.1. The minimum absolute atomic E-state index is 0.287. The van der Waals surface area contributed by atoms with E-state index in [0.717, 1.165) is 28.4 Å². The van der Waals surface area contributed by atoms with Gasteiger partial charge in [-0.25, -0.2) is 4.79 Å². The quantitative estimate of drug-likeness (QED) is 0.784. The zero-order valence-electron chi connectivity index (χ0n) is 11.4. The highest BCUT2D eigenvalue weighted by Crippen LogP contribution is 2.29. The third-order valence-corrected chi connectivity index (χ3v) is 5.15. The molecule has 0 saturated heterocycles. The molecule has 5 heteroatoms. The van der Waals surface area contributed by atoms with Gasteiger partial charge in [-0.15, -0.1) is 0 Å². The standard InChI is InChI=1S/C15H18INO3/c1-10-11(6-5-7-12(10)16)13(18)17-15(14(19)20)8-3-2-4-9-15/h5-7H,2-4,8-9H2,1H3,(H,17,18)(H,19,20). The van der Waals surface area contributed by atoms with E-state index in [-0.39, 0.29) is 5.91 Å². The number of halogens is 1. The van der Waals surface area contributed by atoms with E-state index in [2.05, 4.69) is 27.9 Å². The molecular formula is C15H18INO3. The average molecular weight is 387 g/mol. The van der Waals surface area contributed by atoms with Gasteiger partial charge >= 0.3 is 5.97 Å². The fourth-order valence-electron chi connectivity index (χ4n) is 2.69. The summed E-state index contributed by atoms with van der Waals surface area (Å²) >= 11 is 2.17. The first kappa shape index (κ1) is 15.3. The molecule has 1 fully saturated rings. The van der Waals surface area contributed by atoms with E-state index in [9.17, 15) is 14.7 Å². The Hall–Kier alpha value is -1.11. The maximum Gasteiger partial charge on any atom is 0.329 e. The first-order chi connectivity index (χ1) is 9.46. The van der Waals surface area contributed by atoms with Crippen LogP contribution in [0.3, 0.4) is 0 Å². The molecule has 1 aliphatic rings. The summed E-state index contributed by atoms with van der Waals surface area (Å²) in [7, 11) is 0. The lowest BCUT2D eigenvalue weighted by molar-refractivity contribution is -0.145. The van der Waals surface area contributed by atoms with Crippen molar-refractivity contribution in [1.29, 1.82) is 0 Å². The van der Waals surface area contributed by atoms with E-state index in [0.29, 0.717) is 18.4 Å². The lowest BCUT2D eigenvalue weighted by Crippen LogP contribution is -2.55. The number of rotatable bonds is 3. The molecule has 1 aliphatic carbocycles. The summed E-state index contributed by atoms with van der Waals surface area (Å²) in [6.45, 7) is 1.88. The SMILES string of the molecule is Cc1c(I)cccc1C(=O)NC1(C(=O)O)CCCCC1. The summed E-state index contributed by atoms with van der Waals surface area (Å²) in [4.78, 5) is 24.0. The molecule has 0 aliphatic heterocycles. The number of carbonyl (C=O) groups excluding carboxylic acids is 1. The fourth-order valence-corrected chi connectivity index (χ4v) is 3.18. The van der Waals surface area contributed by atoms with Gasteiger partial charge in [-0.05, 0) is 60.1 Å². The predicted molar refractivity (Wildman–Crippen MR) is 84.8 cm³/mol. The van der Waals surface area contributed by atoms with Crippen LogP contribution >= 0.6 is 22.6 Å². The van der Waals surface area contributed by atoms with Gasteiger partial charge in [0.25, 0.3) is 5.91 Å². The third kappa shape index (κ3) is 2.97. The molecule has 4 nitrogen and oxygen atoms in total. The number of carbonyl (C=O) groups is 2. The molecule has 0 unspecified atom stereocenters. The van der Waals surface area contributed by atoms with Crippen molar-refractivity contribution in [3.63, 3.8) is 0 Å². The van der Waals surface area contributed by atoms with Gasteiger partial charge < -0.3 is 10.4 Å². The normalized spacial score (nSPS) is 17.5. The number of hydrogen-bond donors (Lipinski definition) is 2. The van der Waals surface area contributed by atoms with E-state index in [1.54, 1.807) is 6.07 Å². The Labute approximate surface area is 132 Å². The van der Waals surface area contributed by atoms with Crippen LogP contribution in [0.4, 0.5) is 0 Å². The van der Waals surface area contributed by atoms with Crippen LogP contribution in [0.5, 0.6) is 0 Å². The molecule has 1 saturated carbocycles. The number of carboxylic acid groups (broad SMARTS) is 1. The lowest BCUT2D eigenvalue weighted by atomic mass is 9.81. The fraction of sp³-hybridized carbons (Fsp3) is 0.467. The summed E-state index contributed by atoms with van der Waals surface area (Å²) in [5.41, 5.74) is 0.355. The van der Waals surface area contributed by atoms with E-state index in [1.807, 2.05) is 19.1 Å². The zero-order chi connectivity index (χ0) is 14.8. The Balaban J connectivity index is 2.25. The van der Waals surface area contributed by atoms with Crippen molar-refractivity contribution in [2.75, 3.05) is 0 Å². The van der Waals surface area contributed by atoms with Crippen LogP contribution in [0.15, 0.2) is 18.2 Å². The monoisotopic (exact) mass is 387 g/mol. The molecule has 108 valence electrons. The maximum absolute atomic E-state index is 12.4. The highest BCUT2D eigenvalue weighted by atomic mass is 127. The van der Waals surface area contributed by atoms with Crippen molar-refractivity contribution < 1.29 is 14.7 Å². The van der Waals surface area contributed by atoms with E-state index in [1.165, 1.54) is 0 Å². The number of aliphatic carboxylic acids is 1. The Morgan fingerprint density at radius 2 is 1.90 bits per heavy atom. The minimum atomic E-state index is -1.09. The lowest BCUT2D eigenvalue weighted by Gasteiger charge is -2.34. The van der Waals surface area contributed by atoms with Gasteiger partial charge in [0.1, 0.15) is 5.54 Å². The molecule has 1 aromatic rings. The van der Waals surface area contributed by atoms with Crippen LogP contribution in [0.25, 0.3) is 0 Å². The van der Waals surface area contributed by atoms with Gasteiger partial charge in [0.2, 0.25) is 0 Å². The molecule has 1 amide bonds. The molecular weight excluding hydrogens is 369 g/mol. The summed E-state index contributed by atoms with van der Waals surface area (Å²) in [6, 6.07) is 5.49. The van der Waals surface area contributed by atoms with Gasteiger partial charge in [0.15, 0.2) is 0 Å². The van der Waals surface area contributed by atoms with Crippen molar-refractivity contribution in [3.8, 4) is 0 Å². The van der Waals surface area contributed by atoms with Crippen molar-refractivity contribution >= 4 is 34.5 Å². The van der Waals surface area contributed by atoms with Crippen molar-refractivity contribution in [3.05, 3.63) is 32.9 Å². The summed E-state index contributed by atoms with van der Waals surface area (Å²) in [5, 5.41) is 12.3. The molecule has 2 rings (SSSR count). The number of benzene rings is 1. The van der Waals surface area contributed by atoms with Crippen LogP contribution in [0.2, 0.25) is 0 Å². The van der Waals surface area contributed by atoms with E-state index < -0.39 is 11.5 Å². The van der Waals surface area contributed by atoms with Gasteiger partial charge in [-0.3, -0.25) is 4.79 Å². The second kappa shape index (κ2) is 6.11. The first-order valence-electron chi connectivity index (χ1n) is 6.77. The number of carboxylic acids is 1. The van der Waals surface area contributed by atoms with Crippen molar-refractivity contribution in [2.24, 2.45) is 0 Å². The Kier molecular flexibility index (Phi) is 4.67. The molecule has 1 aromatic carbocycles. The summed E-state index contributed by atoms with van der Waals surface area (Å²) in [5.74, 6) is -1.21. The topological polar surface area (TPSA) is 66.4 Å². The van der Waals surface area contributed by atoms with E-state index >= 15 is 0 Å². The summed E-state index contributed by atoms with van der Waals surface area (Å²) < 4.78 is 1.00. The van der Waals surface area contributed by atoms with Gasteiger partial charge in [-0.1, -0.05) is 25.3 Å². The van der Waals surface area contributed by atoms with Crippen LogP contribution < -0.4 is 5.32 Å². The van der Waals surface area contributed by atoms with Crippen LogP contribution in [-0.2, 0) is 4.79 Å². The number of hydrogen-bond acceptors (Lipinski definition) is 2. The smallest absolute Gasteiger partial charge is 0.329 e. The minimum Gasteiger partial charge on any atom is -0.480 e. The number of nitrogens with one attached hydrogen (secondary N) is 1. The highest BCUT2D eigenvalue weighted by Gasteiger charge is 2.41. The molecule has 0 bridgehead atoms. The average Bonchev–Trinajstić information content (AvgIpc) is 2.42. The molecule has 20 heavy (non-hydrogen) atoms. The third-order valence-electron chi connectivity index (χ3n) is 3.98. The largest absolute Gasteiger partial charge is 0.480 e. The molecule has 0 atom stereocenters. The maximum atomic E-state index is 12.4.